The van der Waals surface area contributed by atoms with E-state index >= 15 is 0 Å². The number of piperazine rings is 1. The minimum absolute atomic E-state index is 0.203. The zero-order valence-corrected chi connectivity index (χ0v) is 10.1. The van der Waals surface area contributed by atoms with Crippen LogP contribution in [0.4, 0.5) is 0 Å². The number of carbonyl (C=O) groups excluding carboxylic acids is 1. The van der Waals surface area contributed by atoms with Gasteiger partial charge in [-0.05, 0) is 18.8 Å². The van der Waals surface area contributed by atoms with Crippen LogP contribution in [0.1, 0.15) is 26.2 Å². The topological polar surface area (TPSA) is 58.4 Å². The molecule has 1 aliphatic heterocycles. The first kappa shape index (κ1) is 11.9. The number of nitrogens with one attached hydrogen (secondary N) is 1. The molecule has 0 radical (unpaired) electrons. The van der Waals surface area contributed by atoms with Gasteiger partial charge in [0.2, 0.25) is 5.91 Å². The number of nitrogens with two attached hydrogens (primary N) is 1. The smallest absolute Gasteiger partial charge is 0.226 e. The van der Waals surface area contributed by atoms with E-state index in [9.17, 15) is 4.79 Å². The van der Waals surface area contributed by atoms with Gasteiger partial charge in [0.05, 0.1) is 6.04 Å². The first-order valence-electron chi connectivity index (χ1n) is 6.45. The lowest BCUT2D eigenvalue weighted by molar-refractivity contribution is -0.139. The fraction of sp³-hybridized carbons (Fsp3) is 0.917. The van der Waals surface area contributed by atoms with Gasteiger partial charge >= 0.3 is 0 Å². The molecule has 16 heavy (non-hydrogen) atoms. The third-order valence-electron chi connectivity index (χ3n) is 4.08. The Hall–Kier alpha value is -0.610. The van der Waals surface area contributed by atoms with Crippen LogP contribution < -0.4 is 11.1 Å². The van der Waals surface area contributed by atoms with Crippen LogP contribution in [0.2, 0.25) is 0 Å². The van der Waals surface area contributed by atoms with E-state index in [2.05, 4.69) is 12.2 Å². The third kappa shape index (κ3) is 2.23. The Morgan fingerprint density at radius 3 is 2.94 bits per heavy atom. The lowest BCUT2D eigenvalue weighted by Crippen LogP contribution is -2.57. The first-order valence-corrected chi connectivity index (χ1v) is 6.45. The van der Waals surface area contributed by atoms with Crippen LogP contribution in [0.3, 0.4) is 0 Å². The van der Waals surface area contributed by atoms with Crippen molar-refractivity contribution in [2.75, 3.05) is 26.2 Å². The maximum atomic E-state index is 12.4. The number of amides is 1. The van der Waals surface area contributed by atoms with Crippen molar-refractivity contribution in [1.29, 1.82) is 0 Å². The number of hydrogen-bond acceptors (Lipinski definition) is 3. The highest BCUT2D eigenvalue weighted by Gasteiger charge is 2.35. The molecule has 0 aromatic rings. The molecule has 1 saturated carbocycles. The second-order valence-corrected chi connectivity index (χ2v) is 5.14. The van der Waals surface area contributed by atoms with Crippen LogP contribution in [0, 0.1) is 11.8 Å². The average Bonchev–Trinajstić information content (AvgIpc) is 2.74. The summed E-state index contributed by atoms with van der Waals surface area (Å²) in [4.78, 5) is 14.4. The Balaban J connectivity index is 2.01. The summed E-state index contributed by atoms with van der Waals surface area (Å²) in [6, 6.07) is 0.203. The summed E-state index contributed by atoms with van der Waals surface area (Å²) >= 11 is 0. The molecule has 3 N–H and O–H groups in total. The van der Waals surface area contributed by atoms with Crippen LogP contribution in [0.25, 0.3) is 0 Å². The highest BCUT2D eigenvalue weighted by atomic mass is 16.2. The van der Waals surface area contributed by atoms with Crippen molar-refractivity contribution in [2.24, 2.45) is 17.6 Å². The van der Waals surface area contributed by atoms with E-state index in [1.807, 2.05) is 4.90 Å². The van der Waals surface area contributed by atoms with E-state index in [0.717, 1.165) is 26.1 Å². The van der Waals surface area contributed by atoms with Gasteiger partial charge in [-0.25, -0.2) is 0 Å². The summed E-state index contributed by atoms with van der Waals surface area (Å²) < 4.78 is 0. The van der Waals surface area contributed by atoms with Crippen molar-refractivity contribution in [3.05, 3.63) is 0 Å². The second-order valence-electron chi connectivity index (χ2n) is 5.14. The molecular weight excluding hydrogens is 202 g/mol. The molecule has 4 heteroatoms. The molecule has 3 unspecified atom stereocenters. The summed E-state index contributed by atoms with van der Waals surface area (Å²) in [5.74, 6) is 1.16. The molecule has 2 fully saturated rings. The third-order valence-corrected chi connectivity index (χ3v) is 4.08. The molecule has 1 heterocycles. The van der Waals surface area contributed by atoms with E-state index in [4.69, 9.17) is 5.73 Å². The normalized spacial score (nSPS) is 35.4. The molecular formula is C12H23N3O. The SMILES string of the molecule is CC1CCCC1C(=O)N1CCNCC1CN. The van der Waals surface area contributed by atoms with Crippen molar-refractivity contribution < 1.29 is 4.79 Å². The molecule has 1 amide bonds. The summed E-state index contributed by atoms with van der Waals surface area (Å²) in [5, 5.41) is 3.30. The molecule has 3 atom stereocenters. The largest absolute Gasteiger partial charge is 0.336 e. The van der Waals surface area contributed by atoms with Crippen molar-refractivity contribution in [3.63, 3.8) is 0 Å². The molecule has 2 aliphatic rings. The van der Waals surface area contributed by atoms with E-state index in [0.29, 0.717) is 18.4 Å². The van der Waals surface area contributed by atoms with Gasteiger partial charge < -0.3 is 16.0 Å². The molecule has 0 aromatic heterocycles. The lowest BCUT2D eigenvalue weighted by Gasteiger charge is -2.37. The number of carbonyl (C=O) groups is 1. The van der Waals surface area contributed by atoms with Crippen molar-refractivity contribution >= 4 is 5.91 Å². The fourth-order valence-electron chi connectivity index (χ4n) is 2.99. The predicted octanol–water partition coefficient (Wildman–Crippen LogP) is 0.182. The average molecular weight is 225 g/mol. The standard InChI is InChI=1S/C12H23N3O/c1-9-3-2-4-11(9)12(16)15-6-5-14-8-10(15)7-13/h9-11,14H,2-8,13H2,1H3. The van der Waals surface area contributed by atoms with E-state index in [-0.39, 0.29) is 12.0 Å². The van der Waals surface area contributed by atoms with Gasteiger partial charge in [-0.15, -0.1) is 0 Å². The predicted molar refractivity (Wildman–Crippen MR) is 63.9 cm³/mol. The van der Waals surface area contributed by atoms with E-state index in [1.54, 1.807) is 0 Å². The summed E-state index contributed by atoms with van der Waals surface area (Å²) in [6.45, 7) is 5.35. The summed E-state index contributed by atoms with van der Waals surface area (Å²) in [6.07, 6.45) is 3.48. The van der Waals surface area contributed by atoms with Gasteiger partial charge in [0, 0.05) is 32.1 Å². The molecule has 0 aromatic carbocycles. The quantitative estimate of drug-likeness (QED) is 0.705. The molecule has 1 saturated heterocycles. The maximum Gasteiger partial charge on any atom is 0.226 e. The van der Waals surface area contributed by atoms with Gasteiger partial charge in [0.1, 0.15) is 0 Å². The van der Waals surface area contributed by atoms with Gasteiger partial charge in [0.15, 0.2) is 0 Å². The van der Waals surface area contributed by atoms with Crippen LogP contribution in [0.15, 0.2) is 0 Å². The Morgan fingerprint density at radius 1 is 1.50 bits per heavy atom. The monoisotopic (exact) mass is 225 g/mol. The Labute approximate surface area is 97.6 Å². The molecule has 4 nitrogen and oxygen atoms in total. The summed E-state index contributed by atoms with van der Waals surface area (Å²) in [5.41, 5.74) is 5.73. The van der Waals surface area contributed by atoms with E-state index < -0.39 is 0 Å². The number of hydrogen-bond donors (Lipinski definition) is 2. The van der Waals surface area contributed by atoms with Crippen molar-refractivity contribution in [2.45, 2.75) is 32.2 Å². The van der Waals surface area contributed by atoms with Crippen LogP contribution >= 0.6 is 0 Å². The summed E-state index contributed by atoms with van der Waals surface area (Å²) in [7, 11) is 0. The lowest BCUT2D eigenvalue weighted by atomic mass is 9.95. The second kappa shape index (κ2) is 5.15. The minimum Gasteiger partial charge on any atom is -0.336 e. The molecule has 0 bridgehead atoms. The maximum absolute atomic E-state index is 12.4. The Morgan fingerprint density at radius 2 is 2.31 bits per heavy atom. The van der Waals surface area contributed by atoms with Gasteiger partial charge in [-0.3, -0.25) is 4.79 Å². The van der Waals surface area contributed by atoms with Gasteiger partial charge in [0.25, 0.3) is 0 Å². The molecule has 2 rings (SSSR count). The molecule has 0 spiro atoms. The Bertz CT molecular complexity index is 257. The fourth-order valence-corrected chi connectivity index (χ4v) is 2.99. The van der Waals surface area contributed by atoms with Crippen molar-refractivity contribution in [1.82, 2.24) is 10.2 Å². The highest BCUT2D eigenvalue weighted by Crippen LogP contribution is 2.33. The van der Waals surface area contributed by atoms with Gasteiger partial charge in [-0.2, -0.15) is 0 Å². The first-order chi connectivity index (χ1) is 7.74. The van der Waals surface area contributed by atoms with Crippen LogP contribution in [0.5, 0.6) is 0 Å². The van der Waals surface area contributed by atoms with Gasteiger partial charge in [-0.1, -0.05) is 13.3 Å². The van der Waals surface area contributed by atoms with E-state index in [1.165, 1.54) is 12.8 Å². The minimum atomic E-state index is 0.203. The number of nitrogens with zero attached hydrogens (tertiary/aromatic N) is 1. The number of rotatable bonds is 2. The van der Waals surface area contributed by atoms with Crippen LogP contribution in [-0.2, 0) is 4.79 Å². The zero-order valence-electron chi connectivity index (χ0n) is 10.1. The molecule has 1 aliphatic carbocycles. The zero-order chi connectivity index (χ0) is 11.5. The van der Waals surface area contributed by atoms with Crippen LogP contribution in [-0.4, -0.2) is 43.0 Å². The molecule has 92 valence electrons. The van der Waals surface area contributed by atoms with Crippen molar-refractivity contribution in [3.8, 4) is 0 Å². The Kier molecular flexibility index (Phi) is 3.82. The highest BCUT2D eigenvalue weighted by molar-refractivity contribution is 5.80.